The number of likely N-dealkylation sites (tertiary alicyclic amines) is 1. The van der Waals surface area contributed by atoms with E-state index in [0.29, 0.717) is 37.8 Å². The van der Waals surface area contributed by atoms with Crippen LogP contribution in [0.3, 0.4) is 0 Å². The average molecular weight is 538 g/mol. The molecule has 0 spiro atoms. The minimum Gasteiger partial charge on any atom is -0.352 e. The fourth-order valence-electron chi connectivity index (χ4n) is 4.73. The summed E-state index contributed by atoms with van der Waals surface area (Å²) in [6.45, 7) is 3.29. The summed E-state index contributed by atoms with van der Waals surface area (Å²) in [6, 6.07) is 15.6. The molecule has 5 rings (SSSR count). The Balaban J connectivity index is 1.14. The number of carbonyl (C=O) groups excluding carboxylic acids is 2. The van der Waals surface area contributed by atoms with Crippen LogP contribution in [-0.2, 0) is 22.7 Å². The Morgan fingerprint density at radius 2 is 2.00 bits per heavy atom. The van der Waals surface area contributed by atoms with E-state index in [1.165, 1.54) is 0 Å². The largest absolute Gasteiger partial charge is 0.352 e. The first-order chi connectivity index (χ1) is 17.0. The smallest absolute Gasteiger partial charge is 0.241 e. The van der Waals surface area contributed by atoms with Gasteiger partial charge < -0.3 is 14.7 Å². The second kappa shape index (κ2) is 10.7. The van der Waals surface area contributed by atoms with E-state index in [9.17, 15) is 9.59 Å². The van der Waals surface area contributed by atoms with Gasteiger partial charge >= 0.3 is 0 Å². The monoisotopic (exact) mass is 537 g/mol. The van der Waals surface area contributed by atoms with Gasteiger partial charge in [-0.25, -0.2) is 0 Å². The summed E-state index contributed by atoms with van der Waals surface area (Å²) in [7, 11) is 0. The van der Waals surface area contributed by atoms with Crippen LogP contribution in [0.1, 0.15) is 37.1 Å². The second-order valence-electron chi connectivity index (χ2n) is 9.13. The Morgan fingerprint density at radius 1 is 1.14 bits per heavy atom. The lowest BCUT2D eigenvalue weighted by atomic mass is 9.97. The Morgan fingerprint density at radius 3 is 2.80 bits per heavy atom. The van der Waals surface area contributed by atoms with E-state index in [-0.39, 0.29) is 17.7 Å². The van der Waals surface area contributed by atoms with Gasteiger partial charge in [0.25, 0.3) is 0 Å². The molecule has 8 nitrogen and oxygen atoms in total. The van der Waals surface area contributed by atoms with Gasteiger partial charge in [0.05, 0.1) is 12.5 Å². The summed E-state index contributed by atoms with van der Waals surface area (Å²) >= 11 is 3.43. The fraction of sp³-hybridized carbons (Fsp3) is 0.385. The van der Waals surface area contributed by atoms with Gasteiger partial charge in [0.15, 0.2) is 0 Å². The van der Waals surface area contributed by atoms with Crippen molar-refractivity contribution in [1.29, 1.82) is 0 Å². The van der Waals surface area contributed by atoms with Crippen LogP contribution < -0.4 is 10.2 Å². The van der Waals surface area contributed by atoms with Crippen molar-refractivity contribution in [3.63, 3.8) is 0 Å². The predicted octanol–water partition coefficient (Wildman–Crippen LogP) is 4.15. The zero-order valence-electron chi connectivity index (χ0n) is 19.5. The lowest BCUT2D eigenvalue weighted by Gasteiger charge is -2.30. The molecule has 2 aliphatic heterocycles. The Hall–Kier alpha value is -3.04. The molecule has 182 valence electrons. The number of rotatable bonds is 7. The maximum atomic E-state index is 12.9. The first-order valence-electron chi connectivity index (χ1n) is 12.0. The molecule has 0 bridgehead atoms. The summed E-state index contributed by atoms with van der Waals surface area (Å²) in [5.41, 5.74) is 2.80. The van der Waals surface area contributed by atoms with Gasteiger partial charge in [-0.05, 0) is 67.8 Å². The molecular formula is C26H28BrN5O3. The Bertz CT molecular complexity index is 1200. The van der Waals surface area contributed by atoms with Crippen LogP contribution in [0.2, 0.25) is 0 Å². The van der Waals surface area contributed by atoms with Gasteiger partial charge in [0.2, 0.25) is 23.5 Å². The molecule has 0 radical (unpaired) electrons. The number of hydrogen-bond acceptors (Lipinski definition) is 6. The molecule has 0 saturated carbocycles. The van der Waals surface area contributed by atoms with Crippen molar-refractivity contribution in [2.45, 2.75) is 38.8 Å². The normalized spacial score (nSPS) is 18.7. The van der Waals surface area contributed by atoms with Crippen molar-refractivity contribution in [2.24, 2.45) is 5.92 Å². The van der Waals surface area contributed by atoms with Crippen molar-refractivity contribution in [3.8, 4) is 11.4 Å². The molecule has 9 heteroatoms. The standard InChI is InChI=1S/C26H28BrN5O3/c27-21-10-8-19(9-11-21)25-29-23(35-30-25)17-31-12-2-5-20(16-31)26(34)28-15-18-4-1-6-22(14-18)32-13-3-7-24(32)33/h1,4,6,8-11,14,20H,2-3,5,7,12-13,15-17H2,(H,28,34). The molecule has 35 heavy (non-hydrogen) atoms. The van der Waals surface area contributed by atoms with E-state index in [4.69, 9.17) is 4.52 Å². The predicted molar refractivity (Wildman–Crippen MR) is 135 cm³/mol. The Kier molecular flexibility index (Phi) is 7.24. The number of aromatic nitrogens is 2. The molecule has 2 saturated heterocycles. The van der Waals surface area contributed by atoms with Gasteiger partial charge in [0.1, 0.15) is 0 Å². The number of amides is 2. The van der Waals surface area contributed by atoms with Gasteiger partial charge in [0, 0.05) is 41.8 Å². The molecule has 2 aromatic carbocycles. The number of nitrogens with zero attached hydrogens (tertiary/aromatic N) is 4. The van der Waals surface area contributed by atoms with E-state index in [1.807, 2.05) is 53.4 Å². The molecule has 3 aromatic rings. The molecular weight excluding hydrogens is 510 g/mol. The van der Waals surface area contributed by atoms with E-state index in [1.54, 1.807) is 0 Å². The highest BCUT2D eigenvalue weighted by atomic mass is 79.9. The minimum absolute atomic E-state index is 0.0541. The average Bonchev–Trinajstić information content (AvgIpc) is 3.52. The minimum atomic E-state index is -0.0824. The van der Waals surface area contributed by atoms with Crippen LogP contribution in [0, 0.1) is 5.92 Å². The van der Waals surface area contributed by atoms with Gasteiger partial charge in [-0.2, -0.15) is 4.98 Å². The fourth-order valence-corrected chi connectivity index (χ4v) is 4.99. The lowest BCUT2D eigenvalue weighted by molar-refractivity contribution is -0.127. The molecule has 3 heterocycles. The number of nitrogens with one attached hydrogen (secondary N) is 1. The number of hydrogen-bond donors (Lipinski definition) is 1. The van der Waals surface area contributed by atoms with Gasteiger partial charge in [-0.15, -0.1) is 0 Å². The quantitative estimate of drug-likeness (QED) is 0.486. The van der Waals surface area contributed by atoms with Crippen molar-refractivity contribution < 1.29 is 14.1 Å². The summed E-state index contributed by atoms with van der Waals surface area (Å²) in [6.07, 6.45) is 3.30. The summed E-state index contributed by atoms with van der Waals surface area (Å²) in [4.78, 5) is 33.5. The molecule has 1 unspecified atom stereocenters. The summed E-state index contributed by atoms with van der Waals surface area (Å²) in [5, 5.41) is 7.20. The van der Waals surface area contributed by atoms with Crippen molar-refractivity contribution in [1.82, 2.24) is 20.4 Å². The highest BCUT2D eigenvalue weighted by molar-refractivity contribution is 9.10. The van der Waals surface area contributed by atoms with E-state index >= 15 is 0 Å². The highest BCUT2D eigenvalue weighted by Gasteiger charge is 2.27. The van der Waals surface area contributed by atoms with Crippen LogP contribution in [0.5, 0.6) is 0 Å². The first kappa shape index (κ1) is 23.7. The first-order valence-corrected chi connectivity index (χ1v) is 12.8. The number of piperidine rings is 1. The van der Waals surface area contributed by atoms with Crippen molar-refractivity contribution in [2.75, 3.05) is 24.5 Å². The molecule has 1 atom stereocenters. The third-order valence-electron chi connectivity index (χ3n) is 6.57. The van der Waals surface area contributed by atoms with Crippen molar-refractivity contribution in [3.05, 3.63) is 64.5 Å². The maximum Gasteiger partial charge on any atom is 0.241 e. The molecule has 0 aliphatic carbocycles. The number of halogens is 1. The lowest BCUT2D eigenvalue weighted by Crippen LogP contribution is -2.42. The van der Waals surface area contributed by atoms with Gasteiger partial charge in [-0.3, -0.25) is 14.5 Å². The van der Waals surface area contributed by atoms with Crippen LogP contribution in [0.15, 0.2) is 57.5 Å². The van der Waals surface area contributed by atoms with Crippen LogP contribution >= 0.6 is 15.9 Å². The SMILES string of the molecule is O=C(NCc1cccc(N2CCCC2=O)c1)C1CCCN(Cc2nc(-c3ccc(Br)cc3)no2)C1. The molecule has 2 aliphatic rings. The third-order valence-corrected chi connectivity index (χ3v) is 7.10. The van der Waals surface area contributed by atoms with E-state index < -0.39 is 0 Å². The summed E-state index contributed by atoms with van der Waals surface area (Å²) < 4.78 is 6.47. The molecule has 1 aromatic heterocycles. The number of anilines is 1. The maximum absolute atomic E-state index is 12.9. The van der Waals surface area contributed by atoms with Crippen molar-refractivity contribution >= 4 is 33.4 Å². The molecule has 2 fully saturated rings. The summed E-state index contributed by atoms with van der Waals surface area (Å²) in [5.74, 6) is 1.26. The highest BCUT2D eigenvalue weighted by Crippen LogP contribution is 2.24. The van der Waals surface area contributed by atoms with E-state index in [2.05, 4.69) is 36.3 Å². The number of benzene rings is 2. The van der Waals surface area contributed by atoms with Crippen LogP contribution in [-0.4, -0.2) is 46.5 Å². The topological polar surface area (TPSA) is 91.6 Å². The van der Waals surface area contributed by atoms with Crippen LogP contribution in [0.4, 0.5) is 5.69 Å². The van der Waals surface area contributed by atoms with E-state index in [0.717, 1.165) is 53.6 Å². The molecule has 2 amide bonds. The number of carbonyl (C=O) groups is 2. The molecule has 1 N–H and O–H groups in total. The zero-order chi connectivity index (χ0) is 24.2. The van der Waals surface area contributed by atoms with Crippen LogP contribution in [0.25, 0.3) is 11.4 Å². The Labute approximate surface area is 212 Å². The van der Waals surface area contributed by atoms with Gasteiger partial charge in [-0.1, -0.05) is 33.2 Å². The second-order valence-corrected chi connectivity index (χ2v) is 10.0. The third kappa shape index (κ3) is 5.79. The zero-order valence-corrected chi connectivity index (χ0v) is 21.0.